The van der Waals surface area contributed by atoms with Gasteiger partial charge in [-0.2, -0.15) is 11.8 Å². The van der Waals surface area contributed by atoms with Crippen molar-refractivity contribution in [2.45, 2.75) is 44.4 Å². The zero-order valence-electron chi connectivity index (χ0n) is 11.0. The summed E-state index contributed by atoms with van der Waals surface area (Å²) in [6.07, 6.45) is 2.36. The number of hydrogen-bond acceptors (Lipinski definition) is 3. The van der Waals surface area contributed by atoms with Crippen molar-refractivity contribution in [3.63, 3.8) is 0 Å². The Balaban J connectivity index is 2.35. The van der Waals surface area contributed by atoms with Gasteiger partial charge in [-0.3, -0.25) is 4.79 Å². The van der Waals surface area contributed by atoms with Gasteiger partial charge in [0.05, 0.1) is 6.42 Å². The van der Waals surface area contributed by atoms with Crippen LogP contribution in [0.25, 0.3) is 0 Å². The summed E-state index contributed by atoms with van der Waals surface area (Å²) >= 11 is 1.90. The number of carbonyl (C=O) groups excluding carboxylic acids is 1. The Hall–Kier alpha value is -0.910. The third-order valence-electron chi connectivity index (χ3n) is 2.96. The minimum Gasteiger partial charge on any atom is -0.481 e. The van der Waals surface area contributed by atoms with Crippen molar-refractivity contribution in [1.29, 1.82) is 0 Å². The van der Waals surface area contributed by atoms with Crippen molar-refractivity contribution in [2.24, 2.45) is 0 Å². The lowest BCUT2D eigenvalue weighted by atomic mass is 10.2. The summed E-state index contributed by atoms with van der Waals surface area (Å²) in [6, 6.07) is -0.140. The van der Waals surface area contributed by atoms with Gasteiger partial charge in [-0.15, -0.1) is 0 Å². The van der Waals surface area contributed by atoms with Crippen LogP contribution in [0.4, 0.5) is 4.79 Å². The number of hydrogen-bond donors (Lipinski definition) is 2. The molecule has 1 rings (SSSR count). The van der Waals surface area contributed by atoms with Crippen molar-refractivity contribution in [1.82, 2.24) is 10.2 Å². The van der Waals surface area contributed by atoms with Crippen LogP contribution in [-0.4, -0.2) is 52.1 Å². The van der Waals surface area contributed by atoms with Crippen LogP contribution in [0, 0.1) is 0 Å². The van der Waals surface area contributed by atoms with Crippen LogP contribution >= 0.6 is 11.8 Å². The molecular weight excluding hydrogens is 252 g/mol. The fourth-order valence-electron chi connectivity index (χ4n) is 1.92. The topological polar surface area (TPSA) is 69.6 Å². The SMILES string of the molecule is CC(C)N(CCC(=O)O)C(=O)NCC1CCCS1. The van der Waals surface area contributed by atoms with E-state index in [1.165, 1.54) is 12.2 Å². The maximum Gasteiger partial charge on any atom is 0.317 e. The van der Waals surface area contributed by atoms with Gasteiger partial charge in [0.25, 0.3) is 0 Å². The summed E-state index contributed by atoms with van der Waals surface area (Å²) < 4.78 is 0. The summed E-state index contributed by atoms with van der Waals surface area (Å²) in [5, 5.41) is 12.1. The molecule has 0 aromatic rings. The van der Waals surface area contributed by atoms with Crippen LogP contribution < -0.4 is 5.32 Å². The monoisotopic (exact) mass is 274 g/mol. The van der Waals surface area contributed by atoms with Gasteiger partial charge >= 0.3 is 12.0 Å². The van der Waals surface area contributed by atoms with Crippen molar-refractivity contribution in [2.75, 3.05) is 18.8 Å². The molecule has 1 saturated heterocycles. The van der Waals surface area contributed by atoms with Gasteiger partial charge in [-0.25, -0.2) is 4.79 Å². The number of rotatable bonds is 6. The van der Waals surface area contributed by atoms with E-state index in [9.17, 15) is 9.59 Å². The second-order valence-electron chi connectivity index (χ2n) is 4.75. The van der Waals surface area contributed by atoms with Gasteiger partial charge in [-0.05, 0) is 32.4 Å². The van der Waals surface area contributed by atoms with Crippen LogP contribution in [0.1, 0.15) is 33.1 Å². The fourth-order valence-corrected chi connectivity index (χ4v) is 3.12. The second-order valence-corrected chi connectivity index (χ2v) is 6.16. The number of amides is 2. The summed E-state index contributed by atoms with van der Waals surface area (Å²) in [4.78, 5) is 24.1. The molecule has 0 saturated carbocycles. The standard InChI is InChI=1S/C12H22N2O3S/c1-9(2)14(6-5-11(15)16)12(17)13-8-10-4-3-7-18-10/h9-10H,3-8H2,1-2H3,(H,13,17)(H,15,16). The second kappa shape index (κ2) is 7.51. The molecule has 104 valence electrons. The van der Waals surface area contributed by atoms with Crippen molar-refractivity contribution in [3.8, 4) is 0 Å². The highest BCUT2D eigenvalue weighted by Gasteiger charge is 2.20. The first kappa shape index (κ1) is 15.1. The first-order valence-electron chi connectivity index (χ1n) is 6.38. The van der Waals surface area contributed by atoms with Crippen LogP contribution in [0.5, 0.6) is 0 Å². The van der Waals surface area contributed by atoms with Crippen molar-refractivity contribution in [3.05, 3.63) is 0 Å². The van der Waals surface area contributed by atoms with E-state index < -0.39 is 5.97 Å². The van der Waals surface area contributed by atoms with E-state index in [1.807, 2.05) is 25.6 Å². The van der Waals surface area contributed by atoms with Gasteiger partial charge in [-0.1, -0.05) is 0 Å². The van der Waals surface area contributed by atoms with Gasteiger partial charge in [0.2, 0.25) is 0 Å². The molecule has 0 spiro atoms. The first-order chi connectivity index (χ1) is 8.50. The summed E-state index contributed by atoms with van der Waals surface area (Å²) in [7, 11) is 0. The predicted molar refractivity (Wildman–Crippen MR) is 73.0 cm³/mol. The lowest BCUT2D eigenvalue weighted by molar-refractivity contribution is -0.137. The van der Waals surface area contributed by atoms with E-state index >= 15 is 0 Å². The van der Waals surface area contributed by atoms with Crippen LogP contribution in [-0.2, 0) is 4.79 Å². The largest absolute Gasteiger partial charge is 0.481 e. The minimum atomic E-state index is -0.875. The lowest BCUT2D eigenvalue weighted by Gasteiger charge is -2.27. The molecule has 1 atom stereocenters. The number of nitrogens with zero attached hydrogens (tertiary/aromatic N) is 1. The number of nitrogens with one attached hydrogen (secondary N) is 1. The summed E-state index contributed by atoms with van der Waals surface area (Å²) in [6.45, 7) is 4.73. The average Bonchev–Trinajstić information content (AvgIpc) is 2.78. The van der Waals surface area contributed by atoms with E-state index in [-0.39, 0.29) is 25.0 Å². The van der Waals surface area contributed by atoms with E-state index in [1.54, 1.807) is 4.90 Å². The Morgan fingerprint density at radius 3 is 2.72 bits per heavy atom. The third kappa shape index (κ3) is 5.16. The maximum absolute atomic E-state index is 12.0. The zero-order valence-corrected chi connectivity index (χ0v) is 11.8. The highest BCUT2D eigenvalue weighted by atomic mass is 32.2. The van der Waals surface area contributed by atoms with Gasteiger partial charge in [0, 0.05) is 24.4 Å². The van der Waals surface area contributed by atoms with E-state index in [4.69, 9.17) is 5.11 Å². The molecule has 18 heavy (non-hydrogen) atoms. The molecule has 0 radical (unpaired) electrons. The van der Waals surface area contributed by atoms with E-state index in [0.717, 1.165) is 6.42 Å². The average molecular weight is 274 g/mol. The van der Waals surface area contributed by atoms with Crippen LogP contribution in [0.15, 0.2) is 0 Å². The molecule has 0 bridgehead atoms. The molecule has 1 heterocycles. The van der Waals surface area contributed by atoms with Gasteiger partial charge in [0.1, 0.15) is 0 Å². The predicted octanol–water partition coefficient (Wildman–Crippen LogP) is 1.78. The Labute approximate surface area is 112 Å². The van der Waals surface area contributed by atoms with Crippen molar-refractivity contribution >= 4 is 23.8 Å². The third-order valence-corrected chi connectivity index (χ3v) is 4.35. The summed E-state index contributed by atoms with van der Waals surface area (Å²) in [5.41, 5.74) is 0. The molecule has 1 aliphatic rings. The van der Waals surface area contributed by atoms with Gasteiger partial charge in [0.15, 0.2) is 0 Å². The molecule has 0 aromatic carbocycles. The Kier molecular flexibility index (Phi) is 6.32. The molecule has 0 aromatic heterocycles. The van der Waals surface area contributed by atoms with Crippen LogP contribution in [0.2, 0.25) is 0 Å². The maximum atomic E-state index is 12.0. The van der Waals surface area contributed by atoms with Gasteiger partial charge < -0.3 is 15.3 Å². The minimum absolute atomic E-state index is 0.0101. The number of carbonyl (C=O) groups is 2. The highest BCUT2D eigenvalue weighted by Crippen LogP contribution is 2.25. The van der Waals surface area contributed by atoms with Crippen LogP contribution in [0.3, 0.4) is 0 Å². The molecule has 1 fully saturated rings. The fraction of sp³-hybridized carbons (Fsp3) is 0.833. The normalized spacial score (nSPS) is 18.9. The molecule has 6 heteroatoms. The molecule has 1 unspecified atom stereocenters. The molecule has 2 N–H and O–H groups in total. The molecular formula is C12H22N2O3S. The number of carboxylic acid groups (broad SMARTS) is 1. The number of aliphatic carboxylic acids is 1. The lowest BCUT2D eigenvalue weighted by Crippen LogP contribution is -2.46. The Morgan fingerprint density at radius 2 is 2.22 bits per heavy atom. The number of urea groups is 1. The molecule has 1 aliphatic heterocycles. The highest BCUT2D eigenvalue weighted by molar-refractivity contribution is 8.00. The Bertz CT molecular complexity index is 291. The van der Waals surface area contributed by atoms with E-state index in [0.29, 0.717) is 11.8 Å². The van der Waals surface area contributed by atoms with Crippen molar-refractivity contribution < 1.29 is 14.7 Å². The quantitative estimate of drug-likeness (QED) is 0.774. The first-order valence-corrected chi connectivity index (χ1v) is 7.43. The Morgan fingerprint density at radius 1 is 1.50 bits per heavy atom. The molecule has 2 amide bonds. The molecule has 5 nitrogen and oxygen atoms in total. The number of carboxylic acids is 1. The molecule has 0 aliphatic carbocycles. The summed E-state index contributed by atoms with van der Waals surface area (Å²) in [5.74, 6) is 0.299. The smallest absolute Gasteiger partial charge is 0.317 e. The van der Waals surface area contributed by atoms with E-state index in [2.05, 4.69) is 5.32 Å². The number of thioether (sulfide) groups is 1. The zero-order chi connectivity index (χ0) is 13.5.